The number of imide groups is 1. The standard InChI is InChI=1S/C30H19BrCl2N2O4/c31-19-8-6-17(7-9-19)28(37)26-25-24(29(38)35(30(25)39)22-11-10-20(32)15-21(22)33)23-14-18(12-13-34(23)26)27(36)16-4-2-1-3-5-16/h1-15,23-26H/t23-,24-,25-,26+/m1/s1. The minimum Gasteiger partial charge on any atom is -0.359 e. The van der Waals surface area contributed by atoms with E-state index in [1.807, 2.05) is 6.07 Å². The number of anilines is 1. The second-order valence-electron chi connectivity index (χ2n) is 9.55. The third kappa shape index (κ3) is 4.25. The number of fused-ring (bicyclic) bond motifs is 3. The SMILES string of the molecule is O=C(C1=C[C@@H]2[C@H]3C(=O)N(c4ccc(Cl)cc4Cl)C(=O)[C@H]3[C@@H](C(=O)c3ccc(Br)cc3)N2C=C1)c1ccccc1. The lowest BCUT2D eigenvalue weighted by molar-refractivity contribution is -0.123. The highest BCUT2D eigenvalue weighted by atomic mass is 79.9. The normalized spacial score (nSPS) is 23.5. The Hall–Kier alpha value is -3.52. The predicted octanol–water partition coefficient (Wildman–Crippen LogP) is 6.13. The number of hydrogen-bond acceptors (Lipinski definition) is 5. The van der Waals surface area contributed by atoms with Crippen LogP contribution in [0.5, 0.6) is 0 Å². The number of allylic oxidation sites excluding steroid dienone is 2. The smallest absolute Gasteiger partial charge is 0.240 e. The van der Waals surface area contributed by atoms with Gasteiger partial charge in [0.2, 0.25) is 11.8 Å². The van der Waals surface area contributed by atoms with Gasteiger partial charge in [0.25, 0.3) is 0 Å². The van der Waals surface area contributed by atoms with E-state index < -0.39 is 35.7 Å². The molecule has 194 valence electrons. The van der Waals surface area contributed by atoms with E-state index in [-0.39, 0.29) is 22.3 Å². The molecular formula is C30H19BrCl2N2O4. The number of hydrogen-bond donors (Lipinski definition) is 0. The fourth-order valence-corrected chi connectivity index (χ4v) is 6.40. The van der Waals surface area contributed by atoms with E-state index in [1.54, 1.807) is 77.8 Å². The van der Waals surface area contributed by atoms with Crippen molar-refractivity contribution in [3.8, 4) is 0 Å². The molecule has 2 fully saturated rings. The first-order chi connectivity index (χ1) is 18.8. The van der Waals surface area contributed by atoms with E-state index in [9.17, 15) is 19.2 Å². The van der Waals surface area contributed by atoms with Crippen LogP contribution in [0, 0.1) is 11.8 Å². The predicted molar refractivity (Wildman–Crippen MR) is 152 cm³/mol. The number of benzene rings is 3. The molecule has 9 heteroatoms. The van der Waals surface area contributed by atoms with Crippen LogP contribution in [0.2, 0.25) is 10.0 Å². The van der Waals surface area contributed by atoms with Gasteiger partial charge in [-0.1, -0.05) is 87.7 Å². The average Bonchev–Trinajstić information content (AvgIpc) is 3.40. The quantitative estimate of drug-likeness (QED) is 0.253. The van der Waals surface area contributed by atoms with E-state index in [4.69, 9.17) is 23.2 Å². The summed E-state index contributed by atoms with van der Waals surface area (Å²) in [5, 5.41) is 0.512. The molecule has 0 saturated carbocycles. The fraction of sp³-hybridized carbons (Fsp3) is 0.133. The summed E-state index contributed by atoms with van der Waals surface area (Å²) in [6.07, 6.45) is 4.98. The van der Waals surface area contributed by atoms with Crippen molar-refractivity contribution in [1.29, 1.82) is 0 Å². The number of Topliss-reactive ketones (excluding diaryl/α,β-unsaturated/α-hetero) is 2. The summed E-state index contributed by atoms with van der Waals surface area (Å²) in [7, 11) is 0. The maximum Gasteiger partial charge on any atom is 0.240 e. The second-order valence-corrected chi connectivity index (χ2v) is 11.3. The van der Waals surface area contributed by atoms with Crippen molar-refractivity contribution in [2.24, 2.45) is 11.8 Å². The highest BCUT2D eigenvalue weighted by molar-refractivity contribution is 9.10. The number of carbonyl (C=O) groups excluding carboxylic acids is 4. The zero-order valence-electron chi connectivity index (χ0n) is 20.1. The molecule has 2 saturated heterocycles. The van der Waals surface area contributed by atoms with Crippen molar-refractivity contribution in [3.63, 3.8) is 0 Å². The average molecular weight is 622 g/mol. The van der Waals surface area contributed by atoms with E-state index in [0.29, 0.717) is 21.7 Å². The summed E-state index contributed by atoms with van der Waals surface area (Å²) in [6.45, 7) is 0. The van der Waals surface area contributed by atoms with Crippen LogP contribution < -0.4 is 4.90 Å². The monoisotopic (exact) mass is 620 g/mol. The van der Waals surface area contributed by atoms with Gasteiger partial charge in [-0.3, -0.25) is 19.2 Å². The van der Waals surface area contributed by atoms with Gasteiger partial charge in [-0.15, -0.1) is 0 Å². The molecule has 4 atom stereocenters. The van der Waals surface area contributed by atoms with E-state index in [1.165, 1.54) is 12.1 Å². The molecule has 0 bridgehead atoms. The van der Waals surface area contributed by atoms with Crippen molar-refractivity contribution < 1.29 is 19.2 Å². The molecule has 39 heavy (non-hydrogen) atoms. The zero-order chi connectivity index (χ0) is 27.4. The van der Waals surface area contributed by atoms with Crippen LogP contribution in [0.1, 0.15) is 20.7 Å². The summed E-state index contributed by atoms with van der Waals surface area (Å²) in [4.78, 5) is 57.8. The van der Waals surface area contributed by atoms with Crippen LogP contribution in [-0.4, -0.2) is 40.4 Å². The van der Waals surface area contributed by atoms with Crippen LogP contribution in [0.4, 0.5) is 5.69 Å². The Bertz CT molecular complexity index is 1600. The van der Waals surface area contributed by atoms with Crippen molar-refractivity contribution in [2.45, 2.75) is 12.1 Å². The number of carbonyl (C=O) groups is 4. The number of ketones is 2. The third-order valence-corrected chi connectivity index (χ3v) is 8.46. The molecule has 6 rings (SSSR count). The Labute approximate surface area is 242 Å². The first-order valence-electron chi connectivity index (χ1n) is 12.2. The second kappa shape index (κ2) is 9.90. The van der Waals surface area contributed by atoms with Crippen LogP contribution in [-0.2, 0) is 9.59 Å². The molecule has 0 aliphatic carbocycles. The molecule has 0 radical (unpaired) electrons. The topological polar surface area (TPSA) is 74.8 Å². The zero-order valence-corrected chi connectivity index (χ0v) is 23.2. The molecule has 0 unspecified atom stereocenters. The molecule has 2 amide bonds. The van der Waals surface area contributed by atoms with Crippen LogP contribution in [0.15, 0.2) is 101 Å². The minimum atomic E-state index is -0.975. The maximum atomic E-state index is 13.9. The molecular weight excluding hydrogens is 603 g/mol. The number of rotatable bonds is 5. The molecule has 0 N–H and O–H groups in total. The van der Waals surface area contributed by atoms with Crippen molar-refractivity contribution in [1.82, 2.24) is 4.90 Å². The lowest BCUT2D eigenvalue weighted by Crippen LogP contribution is -2.46. The van der Waals surface area contributed by atoms with Gasteiger partial charge in [0, 0.05) is 32.4 Å². The molecule has 3 aliphatic heterocycles. The lowest BCUT2D eigenvalue weighted by Gasteiger charge is -2.33. The molecule has 3 aliphatic rings. The van der Waals surface area contributed by atoms with Gasteiger partial charge in [-0.25, -0.2) is 4.90 Å². The van der Waals surface area contributed by atoms with E-state index in [2.05, 4.69) is 15.9 Å². The molecule has 3 heterocycles. The van der Waals surface area contributed by atoms with E-state index >= 15 is 0 Å². The van der Waals surface area contributed by atoms with Gasteiger partial charge in [0.15, 0.2) is 11.6 Å². The fourth-order valence-electron chi connectivity index (χ4n) is 5.64. The summed E-state index contributed by atoms with van der Waals surface area (Å²) >= 11 is 15.8. The summed E-state index contributed by atoms with van der Waals surface area (Å²) in [5.41, 5.74) is 1.51. The van der Waals surface area contributed by atoms with Gasteiger partial charge in [-0.2, -0.15) is 0 Å². The third-order valence-electron chi connectivity index (χ3n) is 7.39. The number of halogens is 3. The molecule has 6 nitrogen and oxygen atoms in total. The summed E-state index contributed by atoms with van der Waals surface area (Å²) in [6, 6.07) is 18.6. The molecule has 0 spiro atoms. The highest BCUT2D eigenvalue weighted by Gasteiger charge is 2.63. The Balaban J connectivity index is 1.44. The van der Waals surface area contributed by atoms with Gasteiger partial charge < -0.3 is 4.90 Å². The Kier molecular flexibility index (Phi) is 6.53. The van der Waals surface area contributed by atoms with Crippen LogP contribution >= 0.6 is 39.1 Å². The maximum absolute atomic E-state index is 13.9. The van der Waals surface area contributed by atoms with Gasteiger partial charge in [-0.05, 0) is 36.4 Å². The summed E-state index contributed by atoms with van der Waals surface area (Å²) in [5.74, 6) is -3.36. The first kappa shape index (κ1) is 25.7. The Morgan fingerprint density at radius 3 is 2.21 bits per heavy atom. The van der Waals surface area contributed by atoms with Crippen molar-refractivity contribution in [3.05, 3.63) is 122 Å². The first-order valence-corrected chi connectivity index (χ1v) is 13.7. The lowest BCUT2D eigenvalue weighted by atomic mass is 9.85. The number of amides is 2. The minimum absolute atomic E-state index is 0.149. The number of nitrogens with zero attached hydrogens (tertiary/aromatic N) is 2. The van der Waals surface area contributed by atoms with Gasteiger partial charge >= 0.3 is 0 Å². The van der Waals surface area contributed by atoms with Gasteiger partial charge in [0.05, 0.1) is 28.6 Å². The van der Waals surface area contributed by atoms with Crippen molar-refractivity contribution in [2.75, 3.05) is 4.90 Å². The molecule has 3 aromatic carbocycles. The van der Waals surface area contributed by atoms with Gasteiger partial charge in [0.1, 0.15) is 6.04 Å². The van der Waals surface area contributed by atoms with Crippen LogP contribution in [0.3, 0.4) is 0 Å². The van der Waals surface area contributed by atoms with Crippen molar-refractivity contribution >= 4 is 68.2 Å². The molecule has 0 aromatic heterocycles. The highest BCUT2D eigenvalue weighted by Crippen LogP contribution is 2.48. The largest absolute Gasteiger partial charge is 0.359 e. The Morgan fingerprint density at radius 1 is 0.821 bits per heavy atom. The Morgan fingerprint density at radius 2 is 1.51 bits per heavy atom. The summed E-state index contributed by atoms with van der Waals surface area (Å²) < 4.78 is 0.807. The molecule has 3 aromatic rings. The van der Waals surface area contributed by atoms with Crippen LogP contribution in [0.25, 0.3) is 0 Å². The van der Waals surface area contributed by atoms with E-state index in [0.717, 1.165) is 9.37 Å².